The first-order valence-electron chi connectivity index (χ1n) is 14.0. The minimum Gasteiger partial charge on any atom is -0.744 e. The van der Waals surface area contributed by atoms with Gasteiger partial charge in [-0.3, -0.25) is 0 Å². The molecule has 4 rings (SSSR count). The molecule has 0 unspecified atom stereocenters. The molecule has 4 aromatic carbocycles. The summed E-state index contributed by atoms with van der Waals surface area (Å²) >= 11 is 0. The summed E-state index contributed by atoms with van der Waals surface area (Å²) in [7, 11) is -8.88. The van der Waals surface area contributed by atoms with E-state index in [9.17, 15) is 25.9 Å². The number of hydrogen-bond acceptors (Lipinski definition) is 6. The van der Waals surface area contributed by atoms with Crippen molar-refractivity contribution in [1.82, 2.24) is 0 Å². The molecule has 9 heteroatoms. The zero-order chi connectivity index (χ0) is 29.5. The smallest absolute Gasteiger partial charge is 0.744 e. The Labute approximate surface area is 275 Å². The zero-order valence-electron chi connectivity index (χ0n) is 24.4. The van der Waals surface area contributed by atoms with Gasteiger partial charge in [-0.15, -0.1) is 0 Å². The van der Waals surface area contributed by atoms with Crippen molar-refractivity contribution in [3.63, 3.8) is 0 Å². The van der Waals surface area contributed by atoms with Gasteiger partial charge >= 0.3 is 37.7 Å². The number of hydrogen-bond donors (Lipinski definition) is 0. The SMILES string of the molecule is CCCc1c(S(=O)(=O)[O-])cc2ccccc2c1CCC.CCCc1c(S(=O)(=O)[O-])cc2ccccc2c1CCC.[Ca+2]. The van der Waals surface area contributed by atoms with Crippen LogP contribution in [0, 0.1) is 0 Å². The second-order valence-electron chi connectivity index (χ2n) is 10.0. The van der Waals surface area contributed by atoms with Gasteiger partial charge < -0.3 is 9.11 Å². The van der Waals surface area contributed by atoms with Gasteiger partial charge in [0, 0.05) is 0 Å². The quantitative estimate of drug-likeness (QED) is 0.140. The minimum absolute atomic E-state index is 0. The average molecular weight is 623 g/mol. The van der Waals surface area contributed by atoms with E-state index in [1.54, 1.807) is 0 Å². The molecule has 0 aliphatic carbocycles. The van der Waals surface area contributed by atoms with Crippen molar-refractivity contribution in [3.8, 4) is 0 Å². The second kappa shape index (κ2) is 15.8. The Morgan fingerprint density at radius 1 is 0.512 bits per heavy atom. The van der Waals surface area contributed by atoms with E-state index >= 15 is 0 Å². The van der Waals surface area contributed by atoms with E-state index in [-0.39, 0.29) is 47.5 Å². The predicted octanol–water partition coefficient (Wildman–Crippen LogP) is 6.92. The molecule has 0 atom stereocenters. The molecule has 0 saturated heterocycles. The number of fused-ring (bicyclic) bond motifs is 2. The van der Waals surface area contributed by atoms with Crippen LogP contribution in [0.15, 0.2) is 70.5 Å². The molecule has 4 aromatic rings. The van der Waals surface area contributed by atoms with Crippen molar-refractivity contribution in [2.45, 2.75) is 88.9 Å². The molecular weight excluding hydrogens is 585 g/mol. The standard InChI is InChI=1S/2C16H20O3S.Ca/c2*1-3-7-14-13-10-6-5-9-12(13)11-16(20(17,18)19)15(14)8-4-2;/h2*5-6,9-11H,3-4,7-8H2,1-2H3,(H,17,18,19);/q;;+2/p-2. The van der Waals surface area contributed by atoms with Crippen molar-refractivity contribution in [1.29, 1.82) is 0 Å². The van der Waals surface area contributed by atoms with Gasteiger partial charge in [-0.05, 0) is 81.6 Å². The summed E-state index contributed by atoms with van der Waals surface area (Å²) in [5, 5.41) is 3.77. The molecule has 0 amide bonds. The van der Waals surface area contributed by atoms with Crippen LogP contribution in [0.3, 0.4) is 0 Å². The second-order valence-corrected chi connectivity index (χ2v) is 12.7. The first-order chi connectivity index (χ1) is 19.0. The van der Waals surface area contributed by atoms with Gasteiger partial charge in [0.25, 0.3) is 0 Å². The van der Waals surface area contributed by atoms with E-state index in [0.29, 0.717) is 24.0 Å². The Morgan fingerprint density at radius 3 is 1.10 bits per heavy atom. The molecule has 0 spiro atoms. The summed E-state index contributed by atoms with van der Waals surface area (Å²) in [5.74, 6) is 0. The maximum absolute atomic E-state index is 11.6. The Hall–Kier alpha value is -1.52. The Bertz CT molecular complexity index is 1570. The van der Waals surface area contributed by atoms with E-state index in [2.05, 4.69) is 13.8 Å². The average Bonchev–Trinajstić information content (AvgIpc) is 2.90. The van der Waals surface area contributed by atoms with Crippen LogP contribution in [0.25, 0.3) is 21.5 Å². The fraction of sp³-hybridized carbons (Fsp3) is 0.375. The Kier molecular flexibility index (Phi) is 13.8. The third kappa shape index (κ3) is 8.75. The monoisotopic (exact) mass is 622 g/mol. The normalized spacial score (nSPS) is 11.7. The van der Waals surface area contributed by atoms with Gasteiger partial charge in [-0.1, -0.05) is 102 Å². The van der Waals surface area contributed by atoms with Crippen molar-refractivity contribution in [2.24, 2.45) is 0 Å². The predicted molar refractivity (Wildman–Crippen MR) is 166 cm³/mol. The molecule has 0 heterocycles. The first kappa shape index (κ1) is 35.7. The van der Waals surface area contributed by atoms with E-state index in [4.69, 9.17) is 0 Å². The van der Waals surface area contributed by atoms with Crippen molar-refractivity contribution < 1.29 is 25.9 Å². The molecule has 41 heavy (non-hydrogen) atoms. The summed E-state index contributed by atoms with van der Waals surface area (Å²) < 4.78 is 69.4. The van der Waals surface area contributed by atoms with E-state index < -0.39 is 20.2 Å². The third-order valence-electron chi connectivity index (χ3n) is 7.01. The molecule has 216 valence electrons. The van der Waals surface area contributed by atoms with Crippen LogP contribution in [0.5, 0.6) is 0 Å². The summed E-state index contributed by atoms with van der Waals surface area (Å²) in [6.45, 7) is 8.10. The van der Waals surface area contributed by atoms with Gasteiger partial charge in [0.2, 0.25) is 0 Å². The molecule has 6 nitrogen and oxygen atoms in total. The Balaban J connectivity index is 0.000000280. The third-order valence-corrected chi connectivity index (χ3v) is 8.81. The van der Waals surface area contributed by atoms with Crippen molar-refractivity contribution in [3.05, 3.63) is 82.9 Å². The van der Waals surface area contributed by atoms with Gasteiger partial charge in [0.1, 0.15) is 20.2 Å². The molecule has 0 aliphatic rings. The maximum atomic E-state index is 11.6. The molecular formula is C32H38CaO6S2. The molecule has 0 saturated carbocycles. The van der Waals surface area contributed by atoms with Crippen molar-refractivity contribution >= 4 is 79.5 Å². The molecule has 0 aliphatic heterocycles. The van der Waals surface area contributed by atoms with E-state index in [1.807, 2.05) is 62.4 Å². The molecule has 0 fully saturated rings. The number of benzene rings is 4. The first-order valence-corrected chi connectivity index (χ1v) is 16.8. The van der Waals surface area contributed by atoms with Crippen LogP contribution in [-0.2, 0) is 45.9 Å². The summed E-state index contributed by atoms with van der Waals surface area (Å²) in [5.41, 5.74) is 3.45. The van der Waals surface area contributed by atoms with Crippen LogP contribution in [0.4, 0.5) is 0 Å². The molecule has 0 aromatic heterocycles. The molecule has 0 radical (unpaired) electrons. The van der Waals surface area contributed by atoms with Gasteiger partial charge in [0.05, 0.1) is 9.79 Å². The summed E-state index contributed by atoms with van der Waals surface area (Å²) in [6, 6.07) is 18.4. The number of rotatable bonds is 10. The van der Waals surface area contributed by atoms with Gasteiger partial charge in [0.15, 0.2) is 0 Å². The molecule has 0 bridgehead atoms. The Morgan fingerprint density at radius 2 is 0.805 bits per heavy atom. The van der Waals surface area contributed by atoms with Crippen LogP contribution in [0.2, 0.25) is 0 Å². The zero-order valence-corrected chi connectivity index (χ0v) is 28.2. The van der Waals surface area contributed by atoms with E-state index in [1.165, 1.54) is 12.1 Å². The molecule has 0 N–H and O–H groups in total. The van der Waals surface area contributed by atoms with Gasteiger partial charge in [-0.2, -0.15) is 0 Å². The summed E-state index contributed by atoms with van der Waals surface area (Å²) in [6.07, 6.45) is 6.30. The fourth-order valence-electron chi connectivity index (χ4n) is 5.44. The van der Waals surface area contributed by atoms with Crippen LogP contribution >= 0.6 is 0 Å². The summed E-state index contributed by atoms with van der Waals surface area (Å²) in [4.78, 5) is -0.0806. The topological polar surface area (TPSA) is 114 Å². The van der Waals surface area contributed by atoms with Crippen molar-refractivity contribution in [2.75, 3.05) is 0 Å². The maximum Gasteiger partial charge on any atom is 2.00 e. The fourth-order valence-corrected chi connectivity index (χ4v) is 7.04. The number of aryl methyl sites for hydroxylation is 2. The van der Waals surface area contributed by atoms with Crippen LogP contribution in [0.1, 0.15) is 75.6 Å². The van der Waals surface area contributed by atoms with Crippen LogP contribution in [-0.4, -0.2) is 63.7 Å². The minimum atomic E-state index is -4.44. The van der Waals surface area contributed by atoms with E-state index in [0.717, 1.165) is 71.2 Å². The van der Waals surface area contributed by atoms with Crippen LogP contribution < -0.4 is 0 Å². The van der Waals surface area contributed by atoms with Gasteiger partial charge in [-0.25, -0.2) is 16.8 Å². The largest absolute Gasteiger partial charge is 2.00 e.